The van der Waals surface area contributed by atoms with E-state index < -0.39 is 17.9 Å². The molecule has 0 saturated carbocycles. The first kappa shape index (κ1) is 16.4. The van der Waals surface area contributed by atoms with Crippen molar-refractivity contribution in [3.63, 3.8) is 0 Å². The van der Waals surface area contributed by atoms with Crippen molar-refractivity contribution in [2.24, 2.45) is 0 Å². The van der Waals surface area contributed by atoms with E-state index in [4.69, 9.17) is 0 Å². The van der Waals surface area contributed by atoms with Crippen LogP contribution in [0.15, 0.2) is 28.7 Å². The fraction of sp³-hybridized carbons (Fsp3) is 0.357. The summed E-state index contributed by atoms with van der Waals surface area (Å²) in [7, 11) is 0. The van der Waals surface area contributed by atoms with Gasteiger partial charge < -0.3 is 10.1 Å². The van der Waals surface area contributed by atoms with E-state index in [1.165, 1.54) is 6.92 Å². The standard InChI is InChI=1S/C14H16BrNO4/c1-3-20-14(19)13(18)16-12(9(2)17)8-10-5-4-6-11(15)7-10/h4-7,12H,3,8H2,1-2H3,(H,16,18). The predicted octanol–water partition coefficient (Wildman–Crippen LogP) is 1.63. The average Bonchev–Trinajstić information content (AvgIpc) is 2.38. The molecule has 0 spiro atoms. The molecule has 1 unspecified atom stereocenters. The number of hydrogen-bond acceptors (Lipinski definition) is 4. The molecule has 0 aromatic heterocycles. The summed E-state index contributed by atoms with van der Waals surface area (Å²) in [5, 5.41) is 2.39. The highest BCUT2D eigenvalue weighted by Gasteiger charge is 2.22. The maximum absolute atomic E-state index is 11.6. The zero-order valence-electron chi connectivity index (χ0n) is 11.3. The van der Waals surface area contributed by atoms with Crippen molar-refractivity contribution in [1.82, 2.24) is 5.32 Å². The van der Waals surface area contributed by atoms with Crippen molar-refractivity contribution in [2.45, 2.75) is 26.3 Å². The summed E-state index contributed by atoms with van der Waals surface area (Å²) in [6.45, 7) is 3.09. The minimum atomic E-state index is -0.979. The van der Waals surface area contributed by atoms with Gasteiger partial charge in [0.2, 0.25) is 0 Å². The Labute approximate surface area is 125 Å². The van der Waals surface area contributed by atoms with Crippen molar-refractivity contribution in [3.8, 4) is 0 Å². The lowest BCUT2D eigenvalue weighted by Crippen LogP contribution is -2.45. The Hall–Kier alpha value is -1.69. The quantitative estimate of drug-likeness (QED) is 0.652. The maximum atomic E-state index is 11.6. The van der Waals surface area contributed by atoms with Crippen LogP contribution in [0.25, 0.3) is 0 Å². The minimum absolute atomic E-state index is 0.114. The Morgan fingerprint density at radius 2 is 2.05 bits per heavy atom. The second-order valence-electron chi connectivity index (χ2n) is 4.19. The van der Waals surface area contributed by atoms with Crippen molar-refractivity contribution >= 4 is 33.6 Å². The van der Waals surface area contributed by atoms with Gasteiger partial charge >= 0.3 is 11.9 Å². The van der Waals surface area contributed by atoms with Crippen LogP contribution in [0.5, 0.6) is 0 Å². The molecule has 0 saturated heterocycles. The van der Waals surface area contributed by atoms with Gasteiger partial charge in [-0.1, -0.05) is 28.1 Å². The molecule has 0 heterocycles. The van der Waals surface area contributed by atoms with Gasteiger partial charge in [-0.15, -0.1) is 0 Å². The molecule has 1 aromatic carbocycles. The number of rotatable bonds is 5. The molecule has 1 amide bonds. The Morgan fingerprint density at radius 1 is 1.35 bits per heavy atom. The van der Waals surface area contributed by atoms with Gasteiger partial charge in [0.05, 0.1) is 12.6 Å². The monoisotopic (exact) mass is 341 g/mol. The lowest BCUT2D eigenvalue weighted by Gasteiger charge is -2.15. The van der Waals surface area contributed by atoms with E-state index in [0.29, 0.717) is 6.42 Å². The number of benzene rings is 1. The number of hydrogen-bond donors (Lipinski definition) is 1. The van der Waals surface area contributed by atoms with E-state index in [1.807, 2.05) is 24.3 Å². The van der Waals surface area contributed by atoms with Gasteiger partial charge in [0, 0.05) is 4.47 Å². The number of ether oxygens (including phenoxy) is 1. The van der Waals surface area contributed by atoms with Gasteiger partial charge in [0.1, 0.15) is 0 Å². The van der Waals surface area contributed by atoms with Gasteiger partial charge in [-0.25, -0.2) is 4.79 Å². The van der Waals surface area contributed by atoms with E-state index in [2.05, 4.69) is 26.0 Å². The van der Waals surface area contributed by atoms with Gasteiger partial charge in [-0.2, -0.15) is 0 Å². The lowest BCUT2D eigenvalue weighted by molar-refractivity contribution is -0.155. The van der Waals surface area contributed by atoms with E-state index >= 15 is 0 Å². The van der Waals surface area contributed by atoms with Crippen LogP contribution in [0.1, 0.15) is 19.4 Å². The molecule has 1 rings (SSSR count). The third-order valence-electron chi connectivity index (χ3n) is 2.59. The zero-order valence-corrected chi connectivity index (χ0v) is 12.9. The molecular formula is C14H16BrNO4. The van der Waals surface area contributed by atoms with Crippen LogP contribution >= 0.6 is 15.9 Å². The number of halogens is 1. The van der Waals surface area contributed by atoms with Crippen molar-refractivity contribution in [2.75, 3.05) is 6.61 Å². The van der Waals surface area contributed by atoms with E-state index in [0.717, 1.165) is 10.0 Å². The van der Waals surface area contributed by atoms with Crippen LogP contribution < -0.4 is 5.32 Å². The minimum Gasteiger partial charge on any atom is -0.459 e. The maximum Gasteiger partial charge on any atom is 0.396 e. The highest BCUT2D eigenvalue weighted by Crippen LogP contribution is 2.13. The largest absolute Gasteiger partial charge is 0.459 e. The first-order valence-electron chi connectivity index (χ1n) is 6.16. The SMILES string of the molecule is CCOC(=O)C(=O)NC(Cc1cccc(Br)c1)C(C)=O. The highest BCUT2D eigenvalue weighted by molar-refractivity contribution is 9.10. The summed E-state index contributed by atoms with van der Waals surface area (Å²) in [6.07, 6.45) is 0.319. The van der Waals surface area contributed by atoms with E-state index in [-0.39, 0.29) is 12.4 Å². The number of amides is 1. The Balaban J connectivity index is 2.73. The Kier molecular flexibility index (Phi) is 6.38. The predicted molar refractivity (Wildman–Crippen MR) is 77.1 cm³/mol. The molecule has 108 valence electrons. The Bertz CT molecular complexity index is 516. The molecule has 20 heavy (non-hydrogen) atoms. The fourth-order valence-electron chi connectivity index (χ4n) is 1.61. The molecule has 1 atom stereocenters. The smallest absolute Gasteiger partial charge is 0.396 e. The summed E-state index contributed by atoms with van der Waals surface area (Å²) >= 11 is 3.34. The summed E-state index contributed by atoms with van der Waals surface area (Å²) in [5.41, 5.74) is 0.878. The molecule has 0 aliphatic rings. The number of ketones is 1. The van der Waals surface area contributed by atoms with Crippen LogP contribution in [0, 0.1) is 0 Å². The van der Waals surface area contributed by atoms with Gasteiger partial charge in [-0.3, -0.25) is 9.59 Å². The van der Waals surface area contributed by atoms with Crippen LogP contribution in [0.2, 0.25) is 0 Å². The summed E-state index contributed by atoms with van der Waals surface area (Å²) < 4.78 is 5.47. The second-order valence-corrected chi connectivity index (χ2v) is 5.11. The zero-order chi connectivity index (χ0) is 15.1. The first-order chi connectivity index (χ1) is 9.43. The normalized spacial score (nSPS) is 11.6. The van der Waals surface area contributed by atoms with Crippen LogP contribution in [0.4, 0.5) is 0 Å². The molecule has 0 bridgehead atoms. The Morgan fingerprint density at radius 3 is 2.60 bits per heavy atom. The molecule has 1 aromatic rings. The third kappa shape index (κ3) is 5.13. The molecule has 0 fully saturated rings. The van der Waals surface area contributed by atoms with Crippen molar-refractivity contribution in [1.29, 1.82) is 0 Å². The van der Waals surface area contributed by atoms with Crippen LogP contribution in [-0.2, 0) is 25.5 Å². The topological polar surface area (TPSA) is 72.5 Å². The summed E-state index contributed by atoms with van der Waals surface area (Å²) in [5.74, 6) is -2.10. The first-order valence-corrected chi connectivity index (χ1v) is 6.95. The van der Waals surface area contributed by atoms with Crippen LogP contribution in [-0.4, -0.2) is 30.3 Å². The van der Waals surface area contributed by atoms with Gasteiger partial charge in [0.15, 0.2) is 5.78 Å². The molecule has 5 nitrogen and oxygen atoms in total. The molecule has 0 aliphatic carbocycles. The van der Waals surface area contributed by atoms with Crippen LogP contribution in [0.3, 0.4) is 0 Å². The lowest BCUT2D eigenvalue weighted by atomic mass is 10.0. The average molecular weight is 342 g/mol. The number of esters is 1. The summed E-state index contributed by atoms with van der Waals surface area (Å²) in [6, 6.07) is 6.65. The number of nitrogens with one attached hydrogen (secondary N) is 1. The highest BCUT2D eigenvalue weighted by atomic mass is 79.9. The number of carbonyl (C=O) groups excluding carboxylic acids is 3. The van der Waals surface area contributed by atoms with E-state index in [9.17, 15) is 14.4 Å². The molecular weight excluding hydrogens is 326 g/mol. The van der Waals surface area contributed by atoms with Gasteiger partial charge in [-0.05, 0) is 38.0 Å². The molecule has 0 radical (unpaired) electrons. The van der Waals surface area contributed by atoms with Crippen molar-refractivity contribution < 1.29 is 19.1 Å². The molecule has 6 heteroatoms. The summed E-state index contributed by atoms with van der Waals surface area (Å²) in [4.78, 5) is 34.4. The van der Waals surface area contributed by atoms with Gasteiger partial charge in [0.25, 0.3) is 0 Å². The van der Waals surface area contributed by atoms with E-state index in [1.54, 1.807) is 6.92 Å². The molecule has 1 N–H and O–H groups in total. The number of carbonyl (C=O) groups is 3. The second kappa shape index (κ2) is 7.79. The number of Topliss-reactive ketones (excluding diaryl/α,β-unsaturated/α-hetero) is 1. The fourth-order valence-corrected chi connectivity index (χ4v) is 2.06. The van der Waals surface area contributed by atoms with Crippen molar-refractivity contribution in [3.05, 3.63) is 34.3 Å². The third-order valence-corrected chi connectivity index (χ3v) is 3.08. The molecule has 0 aliphatic heterocycles.